The van der Waals surface area contributed by atoms with Gasteiger partial charge in [-0.2, -0.15) is 4.31 Å². The molecule has 1 aliphatic rings. The number of hydrogen-bond donors (Lipinski definition) is 1. The molecule has 0 radical (unpaired) electrons. The Balaban J connectivity index is 1.74. The zero-order chi connectivity index (χ0) is 20.3. The van der Waals surface area contributed by atoms with E-state index < -0.39 is 22.5 Å². The summed E-state index contributed by atoms with van der Waals surface area (Å²) in [4.78, 5) is 12.1. The molecular weight excluding hydrogens is 447 g/mol. The van der Waals surface area contributed by atoms with Crippen molar-refractivity contribution in [3.05, 3.63) is 51.5 Å². The quantitative estimate of drug-likeness (QED) is 0.687. The third-order valence-corrected chi connectivity index (χ3v) is 6.86. The largest absolute Gasteiger partial charge is 0.482 e. The number of amides is 1. The summed E-state index contributed by atoms with van der Waals surface area (Å²) >= 11 is 17.8. The fourth-order valence-corrected chi connectivity index (χ4v) is 5.16. The minimum atomic E-state index is -3.75. The molecule has 10 heteroatoms. The van der Waals surface area contributed by atoms with Crippen LogP contribution in [-0.2, 0) is 14.8 Å². The van der Waals surface area contributed by atoms with Crippen LogP contribution in [-0.4, -0.2) is 38.3 Å². The van der Waals surface area contributed by atoms with Gasteiger partial charge in [0.05, 0.1) is 10.7 Å². The molecule has 1 aliphatic heterocycles. The molecule has 1 N–H and O–H groups in total. The van der Waals surface area contributed by atoms with Gasteiger partial charge >= 0.3 is 0 Å². The number of carbonyl (C=O) groups excluding carboxylic acids is 1. The van der Waals surface area contributed by atoms with Crippen LogP contribution in [0.5, 0.6) is 5.75 Å². The zero-order valence-corrected chi connectivity index (χ0v) is 17.7. The van der Waals surface area contributed by atoms with E-state index >= 15 is 0 Å². The lowest BCUT2D eigenvalue weighted by atomic mass is 10.3. The summed E-state index contributed by atoms with van der Waals surface area (Å²) < 4.78 is 32.6. The van der Waals surface area contributed by atoms with Gasteiger partial charge in [-0.15, -0.1) is 0 Å². The van der Waals surface area contributed by atoms with E-state index in [1.165, 1.54) is 28.6 Å². The Kier molecular flexibility index (Phi) is 6.73. The number of benzene rings is 2. The van der Waals surface area contributed by atoms with Gasteiger partial charge in [0.25, 0.3) is 5.91 Å². The van der Waals surface area contributed by atoms with Gasteiger partial charge in [-0.3, -0.25) is 4.79 Å². The van der Waals surface area contributed by atoms with Crippen molar-refractivity contribution >= 4 is 56.4 Å². The Morgan fingerprint density at radius 2 is 1.68 bits per heavy atom. The van der Waals surface area contributed by atoms with Gasteiger partial charge < -0.3 is 10.1 Å². The van der Waals surface area contributed by atoms with E-state index in [4.69, 9.17) is 39.5 Å². The number of rotatable bonds is 6. The summed E-state index contributed by atoms with van der Waals surface area (Å²) in [6.07, 6.45) is 1.61. The van der Waals surface area contributed by atoms with Gasteiger partial charge in [0.2, 0.25) is 10.0 Å². The van der Waals surface area contributed by atoms with Crippen molar-refractivity contribution in [2.45, 2.75) is 17.7 Å². The van der Waals surface area contributed by atoms with E-state index in [2.05, 4.69) is 5.32 Å². The van der Waals surface area contributed by atoms with E-state index in [0.717, 1.165) is 12.8 Å². The molecule has 0 bridgehead atoms. The number of hydrogen-bond acceptors (Lipinski definition) is 4. The average Bonchev–Trinajstić information content (AvgIpc) is 3.18. The van der Waals surface area contributed by atoms with E-state index in [-0.39, 0.29) is 20.7 Å². The maximum Gasteiger partial charge on any atom is 0.262 e. The number of anilines is 1. The first-order valence-electron chi connectivity index (χ1n) is 8.45. The first-order chi connectivity index (χ1) is 13.3. The highest BCUT2D eigenvalue weighted by Crippen LogP contribution is 2.31. The molecule has 1 heterocycles. The Labute approximate surface area is 178 Å². The van der Waals surface area contributed by atoms with Crippen LogP contribution in [0.4, 0.5) is 5.69 Å². The van der Waals surface area contributed by atoms with Crippen LogP contribution in [0.15, 0.2) is 41.3 Å². The predicted molar refractivity (Wildman–Crippen MR) is 110 cm³/mol. The second-order valence-corrected chi connectivity index (χ2v) is 9.35. The molecule has 1 amide bonds. The molecule has 3 rings (SSSR count). The lowest BCUT2D eigenvalue weighted by Gasteiger charge is -2.18. The summed E-state index contributed by atoms with van der Waals surface area (Å²) in [5.74, 6) is -0.433. The normalized spacial score (nSPS) is 14.8. The number of carbonyl (C=O) groups is 1. The summed E-state index contributed by atoms with van der Waals surface area (Å²) in [5, 5.41) is 3.58. The Morgan fingerprint density at radius 1 is 1.04 bits per heavy atom. The van der Waals surface area contributed by atoms with Crippen molar-refractivity contribution < 1.29 is 17.9 Å². The van der Waals surface area contributed by atoms with Gasteiger partial charge in [-0.25, -0.2) is 8.42 Å². The highest BCUT2D eigenvalue weighted by atomic mass is 35.5. The second kappa shape index (κ2) is 8.88. The van der Waals surface area contributed by atoms with Crippen LogP contribution in [0.25, 0.3) is 0 Å². The molecule has 0 aromatic heterocycles. The monoisotopic (exact) mass is 462 g/mol. The molecule has 0 spiro atoms. The minimum absolute atomic E-state index is 0.0563. The van der Waals surface area contributed by atoms with Crippen LogP contribution in [0, 0.1) is 0 Å². The number of nitrogens with one attached hydrogen (secondary N) is 1. The molecule has 2 aromatic rings. The Hall–Kier alpha value is -1.51. The first kappa shape index (κ1) is 21.2. The number of nitrogens with zero attached hydrogens (tertiary/aromatic N) is 1. The van der Waals surface area contributed by atoms with Crippen molar-refractivity contribution in [3.63, 3.8) is 0 Å². The minimum Gasteiger partial charge on any atom is -0.482 e. The molecule has 1 fully saturated rings. The van der Waals surface area contributed by atoms with Crippen molar-refractivity contribution in [2.75, 3.05) is 25.0 Å². The molecule has 0 aliphatic carbocycles. The summed E-state index contributed by atoms with van der Waals surface area (Å²) in [5.41, 5.74) is 0.376. The van der Waals surface area contributed by atoms with Crippen molar-refractivity contribution in [2.24, 2.45) is 0 Å². The van der Waals surface area contributed by atoms with Gasteiger partial charge in [-0.05, 0) is 49.2 Å². The van der Waals surface area contributed by atoms with Crippen LogP contribution in [0.1, 0.15) is 12.8 Å². The average molecular weight is 464 g/mol. The lowest BCUT2D eigenvalue weighted by molar-refractivity contribution is -0.118. The van der Waals surface area contributed by atoms with E-state index in [9.17, 15) is 13.2 Å². The molecule has 150 valence electrons. The molecule has 0 atom stereocenters. The fraction of sp³-hybridized carbons (Fsp3) is 0.278. The molecule has 6 nitrogen and oxygen atoms in total. The topological polar surface area (TPSA) is 75.7 Å². The summed E-state index contributed by atoms with van der Waals surface area (Å²) in [6.45, 7) is 0.497. The molecule has 1 saturated heterocycles. The van der Waals surface area contributed by atoms with Crippen LogP contribution < -0.4 is 10.1 Å². The highest BCUT2D eigenvalue weighted by Gasteiger charge is 2.30. The molecule has 2 aromatic carbocycles. The van der Waals surface area contributed by atoms with Gasteiger partial charge in [0.1, 0.15) is 10.6 Å². The van der Waals surface area contributed by atoms with Crippen molar-refractivity contribution in [3.8, 4) is 5.75 Å². The molecule has 0 unspecified atom stereocenters. The first-order valence-corrected chi connectivity index (χ1v) is 11.0. The van der Waals surface area contributed by atoms with E-state index in [1.54, 1.807) is 12.1 Å². The maximum absolute atomic E-state index is 12.9. The molecular formula is C18H17Cl3N2O4S. The molecule has 28 heavy (non-hydrogen) atoms. The Bertz CT molecular complexity index is 992. The van der Waals surface area contributed by atoms with Gasteiger partial charge in [-0.1, -0.05) is 34.8 Å². The van der Waals surface area contributed by atoms with Crippen LogP contribution >= 0.6 is 34.8 Å². The fourth-order valence-electron chi connectivity index (χ4n) is 2.79. The number of ether oxygens (including phenoxy) is 1. The van der Waals surface area contributed by atoms with Gasteiger partial charge in [0.15, 0.2) is 6.61 Å². The SMILES string of the molecule is O=C(COc1ccc(Cl)cc1S(=O)(=O)N1CCCC1)Nc1ccc(Cl)cc1Cl. The zero-order valence-electron chi connectivity index (χ0n) is 14.6. The summed E-state index contributed by atoms with van der Waals surface area (Å²) in [7, 11) is -3.75. The van der Waals surface area contributed by atoms with Crippen molar-refractivity contribution in [1.82, 2.24) is 4.31 Å². The standard InChI is InChI=1S/C18H17Cl3N2O4S/c19-12-3-5-15(14(21)9-12)22-18(24)11-27-16-6-4-13(20)10-17(16)28(25,26)23-7-1-2-8-23/h3-6,9-10H,1-2,7-8,11H2,(H,22,24). The van der Waals surface area contributed by atoms with Crippen LogP contribution in [0.3, 0.4) is 0 Å². The summed E-state index contributed by atoms with van der Waals surface area (Å²) in [6, 6.07) is 8.93. The maximum atomic E-state index is 12.9. The molecule has 0 saturated carbocycles. The third kappa shape index (κ3) is 4.90. The van der Waals surface area contributed by atoms with Crippen molar-refractivity contribution in [1.29, 1.82) is 0 Å². The highest BCUT2D eigenvalue weighted by molar-refractivity contribution is 7.89. The smallest absolute Gasteiger partial charge is 0.262 e. The van der Waals surface area contributed by atoms with E-state index in [1.807, 2.05) is 0 Å². The van der Waals surface area contributed by atoms with E-state index in [0.29, 0.717) is 23.8 Å². The lowest BCUT2D eigenvalue weighted by Crippen LogP contribution is -2.28. The predicted octanol–water partition coefficient (Wildman–Crippen LogP) is 4.45. The third-order valence-electron chi connectivity index (χ3n) is 4.15. The second-order valence-electron chi connectivity index (χ2n) is 6.16. The van der Waals surface area contributed by atoms with Crippen LogP contribution in [0.2, 0.25) is 15.1 Å². The van der Waals surface area contributed by atoms with Gasteiger partial charge in [0, 0.05) is 23.1 Å². The number of halogens is 3. The number of sulfonamides is 1. The Morgan fingerprint density at radius 3 is 2.36 bits per heavy atom.